The lowest BCUT2D eigenvalue weighted by molar-refractivity contribution is 0.0431. The number of fused-ring (bicyclic) bond motifs is 6. The Hall–Kier alpha value is -8.77. The quantitative estimate of drug-likeness (QED) is 0.0405. The van der Waals surface area contributed by atoms with Gasteiger partial charge in [0.05, 0.1) is 62.1 Å². The predicted molar refractivity (Wildman–Crippen MR) is 312 cm³/mol. The van der Waals surface area contributed by atoms with Crippen LogP contribution in [0.5, 0.6) is 0 Å². The molecule has 370 valence electrons. The van der Waals surface area contributed by atoms with Crippen molar-refractivity contribution in [2.75, 3.05) is 74.5 Å². The lowest BCUT2D eigenvalue weighted by Gasteiger charge is -2.13. The van der Waals surface area contributed by atoms with Gasteiger partial charge in [-0.2, -0.15) is 15.3 Å². The summed E-state index contributed by atoms with van der Waals surface area (Å²) in [5.41, 5.74) is 13.0. The summed E-state index contributed by atoms with van der Waals surface area (Å²) in [6.45, 7) is 3.44. The number of nitrogens with zero attached hydrogens (tertiary/aromatic N) is 9. The van der Waals surface area contributed by atoms with Crippen LogP contribution in [-0.4, -0.2) is 82.4 Å². The van der Waals surface area contributed by atoms with Crippen molar-refractivity contribution < 1.29 is 9.47 Å². The molecule has 0 unspecified atom stereocenters. The highest BCUT2D eigenvalue weighted by molar-refractivity contribution is 6.12. The van der Waals surface area contributed by atoms with Crippen LogP contribution < -0.4 is 19.9 Å². The van der Waals surface area contributed by atoms with Crippen LogP contribution in [0, 0.1) is 0 Å². The van der Waals surface area contributed by atoms with E-state index in [9.17, 15) is 0 Å². The summed E-state index contributed by atoms with van der Waals surface area (Å²) in [4.78, 5) is 2.13. The third-order valence-corrected chi connectivity index (χ3v) is 13.3. The highest BCUT2D eigenvalue weighted by Crippen LogP contribution is 2.33. The summed E-state index contributed by atoms with van der Waals surface area (Å²) < 4.78 is 17.3. The van der Waals surface area contributed by atoms with E-state index in [2.05, 4.69) is 143 Å². The highest BCUT2D eigenvalue weighted by Gasteiger charge is 2.15. The van der Waals surface area contributed by atoms with Gasteiger partial charge in [0.2, 0.25) is 0 Å². The van der Waals surface area contributed by atoms with Crippen molar-refractivity contribution in [3.63, 3.8) is 0 Å². The SMILES string of the molecule is CN(/C=C/c1ccc2c(c1)c1cc(/C=N/N(C)c3ccccc3)ccc1n2CCOCCOCCn1c2ccc(/C=N/N(C)c3ccccc3)cc2c2cc(/C=N/N(C)c3ccccc3)ccc21)c1ccccc1. The second-order valence-electron chi connectivity index (χ2n) is 18.2. The monoisotopic (exact) mass is 975 g/mol. The van der Waals surface area contributed by atoms with Crippen molar-refractivity contribution in [3.05, 3.63) is 223 Å². The molecule has 10 aromatic rings. The molecule has 0 spiro atoms. The Balaban J connectivity index is 0.816. The van der Waals surface area contributed by atoms with Crippen LogP contribution in [0.3, 0.4) is 0 Å². The predicted octanol–water partition coefficient (Wildman–Crippen LogP) is 13.2. The Bertz CT molecular complexity index is 3120. The van der Waals surface area contributed by atoms with Gasteiger partial charge in [0.15, 0.2) is 0 Å². The molecule has 0 radical (unpaired) electrons. The highest BCUT2D eigenvalue weighted by atomic mass is 16.5. The topological polar surface area (TPSA) is 78.4 Å². The van der Waals surface area contributed by atoms with Gasteiger partial charge in [-0.3, -0.25) is 15.0 Å². The Morgan fingerprint density at radius 3 is 1.03 bits per heavy atom. The van der Waals surface area contributed by atoms with E-state index in [4.69, 9.17) is 24.8 Å². The fourth-order valence-corrected chi connectivity index (χ4v) is 9.28. The summed E-state index contributed by atoms with van der Waals surface area (Å²) in [5, 5.41) is 24.6. The summed E-state index contributed by atoms with van der Waals surface area (Å²) in [6.07, 6.45) is 10.0. The number of anilines is 4. The number of hydrogen-bond donors (Lipinski definition) is 0. The molecule has 0 saturated carbocycles. The maximum atomic E-state index is 6.28. The second kappa shape index (κ2) is 23.2. The minimum absolute atomic E-state index is 0.489. The van der Waals surface area contributed by atoms with E-state index >= 15 is 0 Å². The zero-order valence-corrected chi connectivity index (χ0v) is 42.4. The first kappa shape index (κ1) is 48.8. The molecule has 0 fully saturated rings. The van der Waals surface area contributed by atoms with Gasteiger partial charge in [-0.1, -0.05) is 97.1 Å². The number of aromatic nitrogens is 2. The molecule has 2 heterocycles. The van der Waals surface area contributed by atoms with E-state index in [0.717, 1.165) is 77.8 Å². The first-order valence-corrected chi connectivity index (χ1v) is 25.1. The van der Waals surface area contributed by atoms with Crippen LogP contribution in [0.2, 0.25) is 0 Å². The van der Waals surface area contributed by atoms with E-state index in [1.165, 1.54) is 10.8 Å². The maximum Gasteiger partial charge on any atom is 0.0701 e. The van der Waals surface area contributed by atoms with Crippen molar-refractivity contribution in [3.8, 4) is 0 Å². The number of benzene rings is 8. The Morgan fingerprint density at radius 2 is 0.676 bits per heavy atom. The Labute approximate surface area is 433 Å². The Kier molecular flexibility index (Phi) is 15.3. The molecule has 0 bridgehead atoms. The molecule has 11 nitrogen and oxygen atoms in total. The number of hydrogen-bond acceptors (Lipinski definition) is 9. The van der Waals surface area contributed by atoms with Crippen molar-refractivity contribution in [1.82, 2.24) is 9.13 Å². The van der Waals surface area contributed by atoms with E-state index in [0.29, 0.717) is 39.5 Å². The van der Waals surface area contributed by atoms with Gasteiger partial charge in [0, 0.05) is 96.8 Å². The van der Waals surface area contributed by atoms with E-state index < -0.39 is 0 Å². The molecule has 0 aliphatic carbocycles. The van der Waals surface area contributed by atoms with Crippen LogP contribution in [0.25, 0.3) is 49.7 Å². The normalized spacial score (nSPS) is 12.0. The molecule has 0 amide bonds. The van der Waals surface area contributed by atoms with Gasteiger partial charge in [-0.15, -0.1) is 0 Å². The average Bonchev–Trinajstić information content (AvgIpc) is 3.95. The molecule has 0 atom stereocenters. The molecule has 10 rings (SSSR count). The Morgan fingerprint density at radius 1 is 0.365 bits per heavy atom. The largest absolute Gasteiger partial charge is 0.377 e. The maximum absolute atomic E-state index is 6.28. The van der Waals surface area contributed by atoms with Crippen molar-refractivity contribution in [2.45, 2.75) is 13.1 Å². The molecule has 8 aromatic carbocycles. The van der Waals surface area contributed by atoms with E-state index in [1.54, 1.807) is 0 Å². The minimum atomic E-state index is 0.489. The van der Waals surface area contributed by atoms with Crippen molar-refractivity contribution in [2.24, 2.45) is 15.3 Å². The molecule has 0 N–H and O–H groups in total. The van der Waals surface area contributed by atoms with E-state index in [1.807, 2.05) is 140 Å². The van der Waals surface area contributed by atoms with Gasteiger partial charge in [-0.05, 0) is 125 Å². The average molecular weight is 976 g/mol. The molecule has 0 aliphatic heterocycles. The second-order valence-corrected chi connectivity index (χ2v) is 18.2. The molecule has 0 aliphatic rings. The molecular formula is C63H61N9O2. The standard InChI is InChI=1S/C63H61N9O2/c1-67(52-17-9-5-10-18-52)34-33-48-25-29-60-56(41-48)57-42-49(45-64-68(2)53-19-11-6-12-20-53)26-30-61(57)71(60)35-37-73-39-40-74-38-36-72-62-31-27-50(46-65-69(3)54-21-13-7-14-22-54)43-58(62)59-44-51(28-32-63(59)72)47-66-70(4)55-23-15-8-16-24-55/h5-34,41-47H,35-40H2,1-4H3/b34-33+,64-45+,65-46+,66-47+. The summed E-state index contributed by atoms with van der Waals surface area (Å²) in [5.74, 6) is 0. The van der Waals surface area contributed by atoms with Gasteiger partial charge in [0.1, 0.15) is 0 Å². The molecular weight excluding hydrogens is 915 g/mol. The van der Waals surface area contributed by atoms with Crippen molar-refractivity contribution in [1.29, 1.82) is 0 Å². The molecule has 74 heavy (non-hydrogen) atoms. The zero-order chi connectivity index (χ0) is 50.6. The first-order valence-electron chi connectivity index (χ1n) is 25.1. The number of hydrazone groups is 3. The van der Waals surface area contributed by atoms with Gasteiger partial charge < -0.3 is 23.5 Å². The molecule has 0 saturated heterocycles. The van der Waals surface area contributed by atoms with Crippen LogP contribution in [0.4, 0.5) is 22.7 Å². The lowest BCUT2D eigenvalue weighted by atomic mass is 10.1. The number of rotatable bonds is 21. The fourth-order valence-electron chi connectivity index (χ4n) is 9.28. The van der Waals surface area contributed by atoms with Gasteiger partial charge >= 0.3 is 0 Å². The van der Waals surface area contributed by atoms with Crippen molar-refractivity contribution >= 4 is 91.1 Å². The third-order valence-electron chi connectivity index (χ3n) is 13.3. The summed E-state index contributed by atoms with van der Waals surface area (Å²) in [6, 6.07) is 67.2. The molecule has 11 heteroatoms. The zero-order valence-electron chi connectivity index (χ0n) is 42.4. The molecule has 2 aromatic heterocycles. The van der Waals surface area contributed by atoms with Crippen LogP contribution >= 0.6 is 0 Å². The fraction of sp³-hybridized carbons (Fsp3) is 0.159. The van der Waals surface area contributed by atoms with E-state index in [-0.39, 0.29) is 0 Å². The summed E-state index contributed by atoms with van der Waals surface area (Å²) >= 11 is 0. The minimum Gasteiger partial charge on any atom is -0.377 e. The van der Waals surface area contributed by atoms with Crippen LogP contribution in [-0.2, 0) is 22.6 Å². The smallest absolute Gasteiger partial charge is 0.0701 e. The lowest BCUT2D eigenvalue weighted by Crippen LogP contribution is -2.12. The van der Waals surface area contributed by atoms with Crippen LogP contribution in [0.1, 0.15) is 22.3 Å². The first-order chi connectivity index (χ1) is 36.4. The van der Waals surface area contributed by atoms with Gasteiger partial charge in [0.25, 0.3) is 0 Å². The third kappa shape index (κ3) is 11.5. The number of ether oxygens (including phenoxy) is 2. The summed E-state index contributed by atoms with van der Waals surface area (Å²) in [7, 11) is 7.97. The van der Waals surface area contributed by atoms with Gasteiger partial charge in [-0.25, -0.2) is 0 Å². The van der Waals surface area contributed by atoms with Crippen LogP contribution in [0.15, 0.2) is 216 Å². The number of para-hydroxylation sites is 4.